The van der Waals surface area contributed by atoms with Gasteiger partial charge >= 0.3 is 0 Å². The van der Waals surface area contributed by atoms with Crippen molar-refractivity contribution in [2.24, 2.45) is 0 Å². The SMILES string of the molecule is O=C1CCC(n2nnc3cccc(O)c3c2=O)C(=O)N1. The van der Waals surface area contributed by atoms with Crippen molar-refractivity contribution in [3.8, 4) is 5.75 Å². The summed E-state index contributed by atoms with van der Waals surface area (Å²) in [7, 11) is 0. The molecule has 0 spiro atoms. The van der Waals surface area contributed by atoms with E-state index in [-0.39, 0.29) is 35.4 Å². The maximum absolute atomic E-state index is 12.3. The maximum atomic E-state index is 12.3. The lowest BCUT2D eigenvalue weighted by Gasteiger charge is -2.21. The summed E-state index contributed by atoms with van der Waals surface area (Å²) in [6.45, 7) is 0. The third-order valence-corrected chi connectivity index (χ3v) is 3.20. The molecule has 1 aromatic carbocycles. The zero-order valence-electron chi connectivity index (χ0n) is 10.2. The molecular formula is C12H10N4O4. The van der Waals surface area contributed by atoms with Gasteiger partial charge in [0.2, 0.25) is 5.91 Å². The number of carbonyl (C=O) groups excluding carboxylic acids is 2. The number of benzene rings is 1. The van der Waals surface area contributed by atoms with E-state index in [0.717, 1.165) is 4.68 Å². The molecule has 3 rings (SSSR count). The zero-order valence-corrected chi connectivity index (χ0v) is 10.2. The Morgan fingerprint density at radius 3 is 2.85 bits per heavy atom. The van der Waals surface area contributed by atoms with Crippen LogP contribution < -0.4 is 10.9 Å². The quantitative estimate of drug-likeness (QED) is 0.676. The Labute approximate surface area is 112 Å². The summed E-state index contributed by atoms with van der Waals surface area (Å²) in [4.78, 5) is 35.2. The lowest BCUT2D eigenvalue weighted by molar-refractivity contribution is -0.136. The van der Waals surface area contributed by atoms with Crippen molar-refractivity contribution in [2.75, 3.05) is 0 Å². The van der Waals surface area contributed by atoms with Crippen molar-refractivity contribution in [2.45, 2.75) is 18.9 Å². The van der Waals surface area contributed by atoms with E-state index >= 15 is 0 Å². The van der Waals surface area contributed by atoms with Gasteiger partial charge in [-0.25, -0.2) is 0 Å². The van der Waals surface area contributed by atoms with E-state index in [2.05, 4.69) is 15.6 Å². The number of rotatable bonds is 1. The Bertz CT molecular complexity index is 783. The molecule has 2 N–H and O–H groups in total. The van der Waals surface area contributed by atoms with E-state index in [1.54, 1.807) is 6.07 Å². The third-order valence-electron chi connectivity index (χ3n) is 3.20. The summed E-state index contributed by atoms with van der Waals surface area (Å²) >= 11 is 0. The average Bonchev–Trinajstić information content (AvgIpc) is 2.40. The minimum absolute atomic E-state index is 0.00667. The first-order chi connectivity index (χ1) is 9.58. The maximum Gasteiger partial charge on any atom is 0.282 e. The van der Waals surface area contributed by atoms with Gasteiger partial charge in [0.15, 0.2) is 0 Å². The van der Waals surface area contributed by atoms with Gasteiger partial charge in [-0.15, -0.1) is 5.10 Å². The van der Waals surface area contributed by atoms with Gasteiger partial charge in [-0.1, -0.05) is 11.3 Å². The molecule has 0 saturated carbocycles. The number of phenols is 1. The number of carbonyl (C=O) groups is 2. The number of fused-ring (bicyclic) bond motifs is 1. The van der Waals surface area contributed by atoms with E-state index < -0.39 is 17.5 Å². The molecule has 102 valence electrons. The monoisotopic (exact) mass is 274 g/mol. The van der Waals surface area contributed by atoms with Crippen molar-refractivity contribution in [3.05, 3.63) is 28.6 Å². The van der Waals surface area contributed by atoms with E-state index in [1.165, 1.54) is 12.1 Å². The fourth-order valence-electron chi connectivity index (χ4n) is 2.20. The van der Waals surface area contributed by atoms with Crippen LogP contribution in [0.15, 0.2) is 23.0 Å². The predicted molar refractivity (Wildman–Crippen MR) is 66.9 cm³/mol. The zero-order chi connectivity index (χ0) is 14.3. The predicted octanol–water partition coefficient (Wildman–Crippen LogP) is -0.525. The molecule has 0 bridgehead atoms. The molecule has 8 heteroatoms. The molecule has 20 heavy (non-hydrogen) atoms. The number of hydrogen-bond donors (Lipinski definition) is 2. The van der Waals surface area contributed by atoms with Gasteiger partial charge in [0, 0.05) is 6.42 Å². The van der Waals surface area contributed by atoms with Gasteiger partial charge in [-0.2, -0.15) is 4.68 Å². The number of aromatic nitrogens is 3. The van der Waals surface area contributed by atoms with Crippen molar-refractivity contribution in [1.29, 1.82) is 0 Å². The van der Waals surface area contributed by atoms with Gasteiger partial charge < -0.3 is 5.11 Å². The van der Waals surface area contributed by atoms with Gasteiger partial charge in [-0.3, -0.25) is 19.7 Å². The number of piperidine rings is 1. The van der Waals surface area contributed by atoms with E-state index in [1.807, 2.05) is 0 Å². The highest BCUT2D eigenvalue weighted by Gasteiger charge is 2.30. The fraction of sp³-hybridized carbons (Fsp3) is 0.250. The molecule has 0 radical (unpaired) electrons. The van der Waals surface area contributed by atoms with Crippen LogP contribution in [0.25, 0.3) is 10.9 Å². The molecule has 1 fully saturated rings. The smallest absolute Gasteiger partial charge is 0.282 e. The topological polar surface area (TPSA) is 114 Å². The highest BCUT2D eigenvalue weighted by atomic mass is 16.3. The lowest BCUT2D eigenvalue weighted by Crippen LogP contribution is -2.45. The second-order valence-electron chi connectivity index (χ2n) is 4.48. The molecule has 1 atom stereocenters. The number of nitrogens with zero attached hydrogens (tertiary/aromatic N) is 3. The highest BCUT2D eigenvalue weighted by Crippen LogP contribution is 2.20. The Hall–Kier alpha value is -2.77. The van der Waals surface area contributed by atoms with Gasteiger partial charge in [0.05, 0.1) is 0 Å². The Morgan fingerprint density at radius 1 is 1.30 bits per heavy atom. The molecule has 1 aliphatic rings. The molecule has 2 amide bonds. The van der Waals surface area contributed by atoms with Crippen LogP contribution in [0, 0.1) is 0 Å². The van der Waals surface area contributed by atoms with Crippen LogP contribution in [0.5, 0.6) is 5.75 Å². The molecule has 2 aromatic rings. The summed E-state index contributed by atoms with van der Waals surface area (Å²) in [5.41, 5.74) is -0.360. The number of amides is 2. The standard InChI is InChI=1S/C12H10N4O4/c17-8-3-1-2-6-10(8)12(20)16(15-14-6)7-4-5-9(18)13-11(7)19/h1-3,7,17H,4-5H2,(H,13,18,19). The number of phenolic OH excluding ortho intramolecular Hbond substituents is 1. The van der Waals surface area contributed by atoms with Gasteiger partial charge in [0.1, 0.15) is 22.7 Å². The van der Waals surface area contributed by atoms with E-state index in [0.29, 0.717) is 0 Å². The summed E-state index contributed by atoms with van der Waals surface area (Å²) in [6, 6.07) is 3.55. The first-order valence-electron chi connectivity index (χ1n) is 5.99. The van der Waals surface area contributed by atoms with Crippen molar-refractivity contribution < 1.29 is 14.7 Å². The Balaban J connectivity index is 2.16. The molecule has 8 nitrogen and oxygen atoms in total. The van der Waals surface area contributed by atoms with Crippen LogP contribution >= 0.6 is 0 Å². The van der Waals surface area contributed by atoms with Crippen molar-refractivity contribution >= 4 is 22.7 Å². The number of aromatic hydroxyl groups is 1. The minimum atomic E-state index is -0.892. The molecule has 0 aliphatic carbocycles. The van der Waals surface area contributed by atoms with Crippen LogP contribution in [-0.2, 0) is 9.59 Å². The summed E-state index contributed by atoms with van der Waals surface area (Å²) < 4.78 is 0.907. The fourth-order valence-corrected chi connectivity index (χ4v) is 2.20. The van der Waals surface area contributed by atoms with Crippen LogP contribution in [0.1, 0.15) is 18.9 Å². The van der Waals surface area contributed by atoms with E-state index in [9.17, 15) is 19.5 Å². The van der Waals surface area contributed by atoms with Crippen LogP contribution in [0.4, 0.5) is 0 Å². The van der Waals surface area contributed by atoms with Crippen molar-refractivity contribution in [1.82, 2.24) is 20.3 Å². The second-order valence-corrected chi connectivity index (χ2v) is 4.48. The Morgan fingerprint density at radius 2 is 2.10 bits per heavy atom. The molecule has 1 aliphatic heterocycles. The summed E-state index contributed by atoms with van der Waals surface area (Å²) in [5, 5.41) is 19.4. The number of imide groups is 1. The van der Waals surface area contributed by atoms with Crippen LogP contribution in [-0.4, -0.2) is 31.9 Å². The molecule has 1 unspecified atom stereocenters. The molecular weight excluding hydrogens is 264 g/mol. The first kappa shape index (κ1) is 12.3. The summed E-state index contributed by atoms with van der Waals surface area (Å²) in [6.07, 6.45) is 0.307. The van der Waals surface area contributed by atoms with E-state index in [4.69, 9.17) is 0 Å². The normalized spacial score (nSPS) is 19.1. The minimum Gasteiger partial charge on any atom is -0.507 e. The van der Waals surface area contributed by atoms with Crippen LogP contribution in [0.3, 0.4) is 0 Å². The molecule has 2 heterocycles. The van der Waals surface area contributed by atoms with Crippen LogP contribution in [0.2, 0.25) is 0 Å². The largest absolute Gasteiger partial charge is 0.507 e. The number of hydrogen-bond acceptors (Lipinski definition) is 6. The third kappa shape index (κ3) is 1.81. The molecule has 1 saturated heterocycles. The average molecular weight is 274 g/mol. The van der Waals surface area contributed by atoms with Gasteiger partial charge in [0.25, 0.3) is 11.5 Å². The lowest BCUT2D eigenvalue weighted by atomic mass is 10.1. The summed E-state index contributed by atoms with van der Waals surface area (Å²) in [5.74, 6) is -1.19. The second kappa shape index (κ2) is 4.41. The number of nitrogens with one attached hydrogen (secondary N) is 1. The highest BCUT2D eigenvalue weighted by molar-refractivity contribution is 5.99. The van der Waals surface area contributed by atoms with Gasteiger partial charge in [-0.05, 0) is 18.6 Å². The Kier molecular flexibility index (Phi) is 2.70. The first-order valence-corrected chi connectivity index (χ1v) is 5.99. The molecule has 1 aromatic heterocycles. The van der Waals surface area contributed by atoms with Crippen molar-refractivity contribution in [3.63, 3.8) is 0 Å².